The Labute approximate surface area is 111 Å². The first kappa shape index (κ1) is 15.2. The smallest absolute Gasteiger partial charge is 0.239 e. The highest BCUT2D eigenvalue weighted by Crippen LogP contribution is 2.00. The van der Waals surface area contributed by atoms with Crippen molar-refractivity contribution in [3.63, 3.8) is 0 Å². The van der Waals surface area contributed by atoms with Gasteiger partial charge in [0, 0.05) is 0 Å². The van der Waals surface area contributed by atoms with E-state index in [0.717, 1.165) is 0 Å². The summed E-state index contributed by atoms with van der Waals surface area (Å²) in [5.41, 5.74) is 5.65. The van der Waals surface area contributed by atoms with Crippen LogP contribution < -0.4 is 16.4 Å². The van der Waals surface area contributed by atoms with Crippen LogP contribution in [0.5, 0.6) is 0 Å². The van der Waals surface area contributed by atoms with E-state index in [1.807, 2.05) is 13.8 Å². The van der Waals surface area contributed by atoms with Gasteiger partial charge in [0.2, 0.25) is 17.7 Å². The number of hydrogen-bond acceptors (Lipinski definition) is 5. The van der Waals surface area contributed by atoms with Gasteiger partial charge in [-0.05, 0) is 12.8 Å². The SMILES string of the molecule is Cc1cnc(CNC(=O)CNC(=O)[C@@H](N)C(C)C)o1. The molecule has 0 aromatic carbocycles. The monoisotopic (exact) mass is 268 g/mol. The lowest BCUT2D eigenvalue weighted by molar-refractivity contribution is -0.127. The Morgan fingerprint density at radius 1 is 1.42 bits per heavy atom. The van der Waals surface area contributed by atoms with E-state index in [4.69, 9.17) is 10.2 Å². The van der Waals surface area contributed by atoms with Crippen molar-refractivity contribution >= 4 is 11.8 Å². The molecule has 0 fully saturated rings. The number of oxazole rings is 1. The van der Waals surface area contributed by atoms with Crippen LogP contribution in [0.25, 0.3) is 0 Å². The molecule has 0 radical (unpaired) electrons. The van der Waals surface area contributed by atoms with E-state index in [1.54, 1.807) is 13.1 Å². The van der Waals surface area contributed by atoms with E-state index in [0.29, 0.717) is 11.7 Å². The molecule has 7 nitrogen and oxygen atoms in total. The highest BCUT2D eigenvalue weighted by molar-refractivity contribution is 5.87. The highest BCUT2D eigenvalue weighted by atomic mass is 16.4. The summed E-state index contributed by atoms with van der Waals surface area (Å²) < 4.78 is 5.20. The van der Waals surface area contributed by atoms with Gasteiger partial charge in [-0.1, -0.05) is 13.8 Å². The Morgan fingerprint density at radius 2 is 2.11 bits per heavy atom. The zero-order valence-corrected chi connectivity index (χ0v) is 11.4. The molecule has 7 heteroatoms. The lowest BCUT2D eigenvalue weighted by Gasteiger charge is -2.14. The molecule has 1 aromatic heterocycles. The molecule has 0 bridgehead atoms. The molecular formula is C12H20N4O3. The first-order chi connectivity index (χ1) is 8.90. The van der Waals surface area contributed by atoms with Crippen LogP contribution in [0.4, 0.5) is 0 Å². The Kier molecular flexibility index (Phi) is 5.50. The standard InChI is InChI=1S/C12H20N4O3/c1-7(2)11(13)12(18)16-5-9(17)14-6-10-15-4-8(3)19-10/h4,7,11H,5-6,13H2,1-3H3,(H,14,17)(H,16,18)/t11-/m0/s1. The number of hydrogen-bond donors (Lipinski definition) is 3. The van der Waals surface area contributed by atoms with E-state index in [-0.39, 0.29) is 30.8 Å². The number of nitrogens with one attached hydrogen (secondary N) is 2. The molecule has 0 aliphatic rings. The van der Waals surface area contributed by atoms with Gasteiger partial charge < -0.3 is 20.8 Å². The Bertz CT molecular complexity index is 442. The summed E-state index contributed by atoms with van der Waals surface area (Å²) in [6, 6.07) is -0.609. The summed E-state index contributed by atoms with van der Waals surface area (Å²) in [4.78, 5) is 26.9. The van der Waals surface area contributed by atoms with Gasteiger partial charge in [-0.15, -0.1) is 0 Å². The van der Waals surface area contributed by atoms with Crippen molar-refractivity contribution in [3.05, 3.63) is 17.8 Å². The molecule has 106 valence electrons. The van der Waals surface area contributed by atoms with Crippen molar-refractivity contribution in [2.75, 3.05) is 6.54 Å². The molecule has 0 unspecified atom stereocenters. The van der Waals surface area contributed by atoms with Crippen LogP contribution >= 0.6 is 0 Å². The van der Waals surface area contributed by atoms with Gasteiger partial charge in [-0.25, -0.2) is 4.98 Å². The molecule has 0 aliphatic heterocycles. The zero-order chi connectivity index (χ0) is 14.4. The Hall–Kier alpha value is -1.89. The molecule has 4 N–H and O–H groups in total. The fourth-order valence-electron chi connectivity index (χ4n) is 1.31. The molecule has 1 aromatic rings. The molecule has 1 heterocycles. The number of carbonyl (C=O) groups is 2. The van der Waals surface area contributed by atoms with Crippen molar-refractivity contribution < 1.29 is 14.0 Å². The number of amides is 2. The number of aromatic nitrogens is 1. The van der Waals surface area contributed by atoms with Crippen LogP contribution in [-0.4, -0.2) is 29.4 Å². The molecule has 0 spiro atoms. The number of carbonyl (C=O) groups excluding carboxylic acids is 2. The second-order valence-corrected chi connectivity index (χ2v) is 4.63. The van der Waals surface area contributed by atoms with Gasteiger partial charge in [0.25, 0.3) is 0 Å². The lowest BCUT2D eigenvalue weighted by atomic mass is 10.1. The third-order valence-corrected chi connectivity index (χ3v) is 2.55. The van der Waals surface area contributed by atoms with Crippen LogP contribution in [0.2, 0.25) is 0 Å². The number of aryl methyl sites for hydroxylation is 1. The van der Waals surface area contributed by atoms with Gasteiger partial charge in [0.05, 0.1) is 25.3 Å². The Balaban J connectivity index is 2.26. The zero-order valence-electron chi connectivity index (χ0n) is 11.4. The quantitative estimate of drug-likeness (QED) is 0.656. The molecule has 0 saturated carbocycles. The van der Waals surface area contributed by atoms with Crippen LogP contribution in [0, 0.1) is 12.8 Å². The lowest BCUT2D eigenvalue weighted by Crippen LogP contribution is -2.47. The summed E-state index contributed by atoms with van der Waals surface area (Å²) in [6.45, 7) is 5.54. The van der Waals surface area contributed by atoms with Crippen molar-refractivity contribution in [1.82, 2.24) is 15.6 Å². The maximum atomic E-state index is 11.5. The van der Waals surface area contributed by atoms with E-state index in [1.165, 1.54) is 0 Å². The van der Waals surface area contributed by atoms with Crippen molar-refractivity contribution in [2.45, 2.75) is 33.4 Å². The van der Waals surface area contributed by atoms with Crippen molar-refractivity contribution in [1.29, 1.82) is 0 Å². The summed E-state index contributed by atoms with van der Waals surface area (Å²) in [5.74, 6) is 0.479. The van der Waals surface area contributed by atoms with Gasteiger partial charge in [0.15, 0.2) is 0 Å². The van der Waals surface area contributed by atoms with Crippen LogP contribution in [-0.2, 0) is 16.1 Å². The average Bonchev–Trinajstić information content (AvgIpc) is 2.78. The third-order valence-electron chi connectivity index (χ3n) is 2.55. The fourth-order valence-corrected chi connectivity index (χ4v) is 1.31. The maximum Gasteiger partial charge on any atom is 0.239 e. The predicted molar refractivity (Wildman–Crippen MR) is 68.9 cm³/mol. The van der Waals surface area contributed by atoms with Crippen LogP contribution in [0.1, 0.15) is 25.5 Å². The molecule has 2 amide bonds. The number of nitrogens with zero attached hydrogens (tertiary/aromatic N) is 1. The van der Waals surface area contributed by atoms with E-state index < -0.39 is 6.04 Å². The van der Waals surface area contributed by atoms with Crippen molar-refractivity contribution in [2.24, 2.45) is 11.7 Å². The molecule has 0 aliphatic carbocycles. The third kappa shape index (κ3) is 5.09. The molecule has 1 rings (SSSR count). The normalized spacial score (nSPS) is 12.3. The molecular weight excluding hydrogens is 248 g/mol. The van der Waals surface area contributed by atoms with E-state index >= 15 is 0 Å². The fraction of sp³-hybridized carbons (Fsp3) is 0.583. The predicted octanol–water partition coefficient (Wildman–Crippen LogP) is -0.301. The highest BCUT2D eigenvalue weighted by Gasteiger charge is 2.17. The summed E-state index contributed by atoms with van der Waals surface area (Å²) in [7, 11) is 0. The average molecular weight is 268 g/mol. The van der Waals surface area contributed by atoms with Crippen molar-refractivity contribution in [3.8, 4) is 0 Å². The number of nitrogens with two attached hydrogens (primary N) is 1. The number of rotatable bonds is 6. The van der Waals surface area contributed by atoms with Gasteiger partial charge in [-0.2, -0.15) is 0 Å². The maximum absolute atomic E-state index is 11.5. The first-order valence-corrected chi connectivity index (χ1v) is 6.11. The molecule has 0 saturated heterocycles. The topological polar surface area (TPSA) is 110 Å². The molecule has 1 atom stereocenters. The second-order valence-electron chi connectivity index (χ2n) is 4.63. The summed E-state index contributed by atoms with van der Waals surface area (Å²) in [6.07, 6.45) is 1.57. The summed E-state index contributed by atoms with van der Waals surface area (Å²) in [5, 5.41) is 5.06. The van der Waals surface area contributed by atoms with Gasteiger partial charge in [-0.3, -0.25) is 9.59 Å². The minimum atomic E-state index is -0.609. The van der Waals surface area contributed by atoms with Gasteiger partial charge in [0.1, 0.15) is 5.76 Å². The Morgan fingerprint density at radius 3 is 2.63 bits per heavy atom. The largest absolute Gasteiger partial charge is 0.444 e. The minimum Gasteiger partial charge on any atom is -0.444 e. The van der Waals surface area contributed by atoms with Gasteiger partial charge >= 0.3 is 0 Å². The minimum absolute atomic E-state index is 0.0263. The van der Waals surface area contributed by atoms with E-state index in [2.05, 4.69) is 15.6 Å². The van der Waals surface area contributed by atoms with Crippen LogP contribution in [0.3, 0.4) is 0 Å². The van der Waals surface area contributed by atoms with Crippen LogP contribution in [0.15, 0.2) is 10.6 Å². The summed E-state index contributed by atoms with van der Waals surface area (Å²) >= 11 is 0. The first-order valence-electron chi connectivity index (χ1n) is 6.11. The second kappa shape index (κ2) is 6.89. The van der Waals surface area contributed by atoms with E-state index in [9.17, 15) is 9.59 Å². The molecule has 19 heavy (non-hydrogen) atoms.